The van der Waals surface area contributed by atoms with Crippen LogP contribution in [0.4, 0.5) is 0 Å². The molecule has 0 unspecified atom stereocenters. The first-order valence-electron chi connectivity index (χ1n) is 6.09. The molecule has 2 N–H and O–H groups in total. The maximum atomic E-state index is 11.4. The van der Waals surface area contributed by atoms with Gasteiger partial charge in [0.25, 0.3) is 0 Å². The number of carboxylic acids is 1. The molecule has 0 aromatic heterocycles. The Bertz CT molecular complexity index is 233. The Morgan fingerprint density at radius 1 is 1.44 bits per heavy atom. The Morgan fingerprint density at radius 2 is 2.00 bits per heavy atom. The second-order valence-electron chi connectivity index (χ2n) is 5.30. The van der Waals surface area contributed by atoms with Gasteiger partial charge in [-0.1, -0.05) is 6.92 Å². The topological polar surface area (TPSA) is 52.6 Å². The van der Waals surface area contributed by atoms with Crippen molar-refractivity contribution in [1.29, 1.82) is 0 Å². The molecule has 0 aliphatic heterocycles. The fraction of sp³-hybridized carbons (Fsp3) is 0.917. The van der Waals surface area contributed by atoms with Crippen LogP contribution >= 0.6 is 0 Å². The van der Waals surface area contributed by atoms with Crippen molar-refractivity contribution in [3.05, 3.63) is 0 Å². The predicted octanol–water partition coefficient (Wildman–Crippen LogP) is 1.17. The van der Waals surface area contributed by atoms with Crippen LogP contribution in [0.15, 0.2) is 0 Å². The molecule has 0 spiro atoms. The van der Waals surface area contributed by atoms with Crippen molar-refractivity contribution in [2.75, 3.05) is 27.2 Å². The van der Waals surface area contributed by atoms with Crippen molar-refractivity contribution < 1.29 is 9.90 Å². The first-order valence-corrected chi connectivity index (χ1v) is 6.09. The van der Waals surface area contributed by atoms with Gasteiger partial charge in [0.1, 0.15) is 5.54 Å². The summed E-state index contributed by atoms with van der Waals surface area (Å²) in [7, 11) is 4.00. The molecule has 4 nitrogen and oxygen atoms in total. The molecular weight excluding hydrogens is 204 g/mol. The minimum Gasteiger partial charge on any atom is -0.480 e. The lowest BCUT2D eigenvalue weighted by atomic mass is 9.77. The first kappa shape index (κ1) is 13.5. The average molecular weight is 228 g/mol. The minimum atomic E-state index is -0.682. The van der Waals surface area contributed by atoms with Crippen molar-refractivity contribution in [3.8, 4) is 0 Å². The van der Waals surface area contributed by atoms with E-state index in [2.05, 4.69) is 17.1 Å². The van der Waals surface area contributed by atoms with Gasteiger partial charge in [-0.3, -0.25) is 4.79 Å². The van der Waals surface area contributed by atoms with E-state index in [9.17, 15) is 9.90 Å². The van der Waals surface area contributed by atoms with Gasteiger partial charge in [0, 0.05) is 13.1 Å². The van der Waals surface area contributed by atoms with Gasteiger partial charge < -0.3 is 15.3 Å². The van der Waals surface area contributed by atoms with E-state index in [1.807, 2.05) is 14.1 Å². The number of nitrogens with zero attached hydrogens (tertiary/aromatic N) is 1. The van der Waals surface area contributed by atoms with Crippen molar-refractivity contribution in [1.82, 2.24) is 10.2 Å². The van der Waals surface area contributed by atoms with Crippen LogP contribution in [-0.2, 0) is 4.79 Å². The molecule has 16 heavy (non-hydrogen) atoms. The highest BCUT2D eigenvalue weighted by Gasteiger charge is 2.40. The summed E-state index contributed by atoms with van der Waals surface area (Å²) in [5.74, 6) is -0.0127. The number of carbonyl (C=O) groups is 1. The third-order valence-corrected chi connectivity index (χ3v) is 3.56. The maximum absolute atomic E-state index is 11.4. The van der Waals surface area contributed by atoms with Crippen LogP contribution in [-0.4, -0.2) is 48.7 Å². The molecule has 0 saturated heterocycles. The average Bonchev–Trinajstić information content (AvgIpc) is 2.20. The van der Waals surface area contributed by atoms with Crippen LogP contribution in [0.25, 0.3) is 0 Å². The summed E-state index contributed by atoms with van der Waals surface area (Å²) in [6.45, 7) is 3.82. The van der Waals surface area contributed by atoms with Gasteiger partial charge in [-0.2, -0.15) is 0 Å². The van der Waals surface area contributed by atoms with E-state index in [0.29, 0.717) is 5.92 Å². The molecular formula is C12H24N2O2. The minimum absolute atomic E-state index is 0.664. The number of nitrogens with one attached hydrogen (secondary N) is 1. The van der Waals surface area contributed by atoms with Crippen molar-refractivity contribution in [2.24, 2.45) is 5.92 Å². The highest BCUT2D eigenvalue weighted by molar-refractivity contribution is 5.78. The number of aliphatic carboxylic acids is 1. The van der Waals surface area contributed by atoms with E-state index in [4.69, 9.17) is 0 Å². The summed E-state index contributed by atoms with van der Waals surface area (Å²) in [4.78, 5) is 13.4. The van der Waals surface area contributed by atoms with Crippen LogP contribution in [0.1, 0.15) is 32.6 Å². The normalized spacial score (nSPS) is 30.6. The lowest BCUT2D eigenvalue weighted by Gasteiger charge is -2.37. The van der Waals surface area contributed by atoms with Gasteiger partial charge in [-0.15, -0.1) is 0 Å². The van der Waals surface area contributed by atoms with Crippen molar-refractivity contribution in [3.63, 3.8) is 0 Å². The third kappa shape index (κ3) is 3.46. The summed E-state index contributed by atoms with van der Waals surface area (Å²) in [5.41, 5.74) is -0.664. The first-order chi connectivity index (χ1) is 7.46. The van der Waals surface area contributed by atoms with Crippen LogP contribution in [0.5, 0.6) is 0 Å². The predicted molar refractivity (Wildman–Crippen MR) is 64.6 cm³/mol. The molecule has 0 atom stereocenters. The van der Waals surface area contributed by atoms with Gasteiger partial charge in [-0.05, 0) is 45.7 Å². The Kier molecular flexibility index (Phi) is 4.74. The zero-order valence-electron chi connectivity index (χ0n) is 10.6. The molecule has 94 valence electrons. The molecule has 1 aliphatic rings. The number of likely N-dealkylation sites (N-methyl/N-ethyl adjacent to an activating group) is 1. The van der Waals surface area contributed by atoms with Crippen LogP contribution in [0.3, 0.4) is 0 Å². The van der Waals surface area contributed by atoms with E-state index in [1.54, 1.807) is 0 Å². The number of carboxylic acid groups (broad SMARTS) is 1. The number of hydrogen-bond acceptors (Lipinski definition) is 3. The molecule has 1 saturated carbocycles. The summed E-state index contributed by atoms with van der Waals surface area (Å²) >= 11 is 0. The molecule has 0 aromatic carbocycles. The highest BCUT2D eigenvalue weighted by atomic mass is 16.4. The van der Waals surface area contributed by atoms with Gasteiger partial charge >= 0.3 is 5.97 Å². The molecule has 0 bridgehead atoms. The molecule has 0 radical (unpaired) electrons. The van der Waals surface area contributed by atoms with Gasteiger partial charge in [-0.25, -0.2) is 0 Å². The monoisotopic (exact) mass is 228 g/mol. The lowest BCUT2D eigenvalue weighted by molar-refractivity contribution is -0.146. The van der Waals surface area contributed by atoms with E-state index in [0.717, 1.165) is 38.8 Å². The van der Waals surface area contributed by atoms with Gasteiger partial charge in [0.05, 0.1) is 0 Å². The maximum Gasteiger partial charge on any atom is 0.323 e. The van der Waals surface area contributed by atoms with Crippen molar-refractivity contribution >= 4 is 5.97 Å². The Balaban J connectivity index is 2.50. The van der Waals surface area contributed by atoms with E-state index in [-0.39, 0.29) is 0 Å². The summed E-state index contributed by atoms with van der Waals surface area (Å²) in [6.07, 6.45) is 3.55. The standard InChI is InChI=1S/C12H24N2O2/c1-10-4-6-12(7-5-10,11(15)16)13-8-9-14(2)3/h10,13H,4-9H2,1-3H3,(H,15,16). The quantitative estimate of drug-likeness (QED) is 0.741. The van der Waals surface area contributed by atoms with E-state index < -0.39 is 11.5 Å². The molecule has 0 heterocycles. The highest BCUT2D eigenvalue weighted by Crippen LogP contribution is 2.31. The zero-order chi connectivity index (χ0) is 12.2. The van der Waals surface area contributed by atoms with Crippen LogP contribution in [0, 0.1) is 5.92 Å². The zero-order valence-corrected chi connectivity index (χ0v) is 10.6. The summed E-state index contributed by atoms with van der Waals surface area (Å²) in [6, 6.07) is 0. The molecule has 4 heteroatoms. The molecule has 0 amide bonds. The summed E-state index contributed by atoms with van der Waals surface area (Å²) < 4.78 is 0. The fourth-order valence-electron chi connectivity index (χ4n) is 2.24. The van der Waals surface area contributed by atoms with E-state index in [1.165, 1.54) is 0 Å². The smallest absolute Gasteiger partial charge is 0.323 e. The second-order valence-corrected chi connectivity index (χ2v) is 5.30. The number of rotatable bonds is 5. The second kappa shape index (κ2) is 5.64. The lowest BCUT2D eigenvalue weighted by Crippen LogP contribution is -2.55. The Hall–Kier alpha value is -0.610. The fourth-order valence-corrected chi connectivity index (χ4v) is 2.24. The third-order valence-electron chi connectivity index (χ3n) is 3.56. The van der Waals surface area contributed by atoms with Gasteiger partial charge in [0.15, 0.2) is 0 Å². The summed E-state index contributed by atoms with van der Waals surface area (Å²) in [5, 5.41) is 12.6. The van der Waals surface area contributed by atoms with Crippen LogP contribution < -0.4 is 5.32 Å². The Morgan fingerprint density at radius 3 is 2.44 bits per heavy atom. The molecule has 1 aliphatic carbocycles. The molecule has 0 aromatic rings. The Labute approximate surface area is 98.0 Å². The number of hydrogen-bond donors (Lipinski definition) is 2. The molecule has 1 fully saturated rings. The SMILES string of the molecule is CC1CCC(NCCN(C)C)(C(=O)O)CC1. The van der Waals surface area contributed by atoms with E-state index >= 15 is 0 Å². The van der Waals surface area contributed by atoms with Crippen LogP contribution in [0.2, 0.25) is 0 Å². The largest absolute Gasteiger partial charge is 0.480 e. The molecule has 1 rings (SSSR count). The van der Waals surface area contributed by atoms with Crippen molar-refractivity contribution in [2.45, 2.75) is 38.1 Å². The van der Waals surface area contributed by atoms with Gasteiger partial charge in [0.2, 0.25) is 0 Å².